The standard InChI is InChI=1S/C14H11N3O2/c18-14(17-9-10-4-1-2-6-15-10)13-8-11-12(19-13)5-3-7-16-11/h1-8H,9H2,(H,17,18). The zero-order valence-electron chi connectivity index (χ0n) is 10.0. The average Bonchev–Trinajstić information content (AvgIpc) is 2.90. The Hall–Kier alpha value is -2.69. The number of hydrogen-bond donors (Lipinski definition) is 1. The monoisotopic (exact) mass is 253 g/mol. The summed E-state index contributed by atoms with van der Waals surface area (Å²) in [4.78, 5) is 20.2. The maximum atomic E-state index is 11.9. The van der Waals surface area contributed by atoms with E-state index in [1.54, 1.807) is 30.6 Å². The minimum absolute atomic E-state index is 0.254. The second-order valence-corrected chi connectivity index (χ2v) is 4.00. The third-order valence-electron chi connectivity index (χ3n) is 2.67. The number of aromatic nitrogens is 2. The summed E-state index contributed by atoms with van der Waals surface area (Å²) in [5.74, 6) is -0.0201. The Morgan fingerprint density at radius 2 is 2.05 bits per heavy atom. The van der Waals surface area contributed by atoms with Gasteiger partial charge in [0.15, 0.2) is 11.3 Å². The molecular formula is C14H11N3O2. The summed E-state index contributed by atoms with van der Waals surface area (Å²) in [6, 6.07) is 10.7. The number of pyridine rings is 2. The first-order valence-corrected chi connectivity index (χ1v) is 5.85. The molecule has 3 heterocycles. The van der Waals surface area contributed by atoms with Crippen LogP contribution in [0.15, 0.2) is 53.2 Å². The molecule has 0 aliphatic heterocycles. The minimum Gasteiger partial charge on any atom is -0.449 e. The number of nitrogens with one attached hydrogen (secondary N) is 1. The molecule has 1 amide bonds. The molecule has 0 atom stereocenters. The number of fused-ring (bicyclic) bond motifs is 1. The Kier molecular flexibility index (Phi) is 2.94. The van der Waals surface area contributed by atoms with Gasteiger partial charge in [-0.3, -0.25) is 14.8 Å². The first-order valence-electron chi connectivity index (χ1n) is 5.85. The Balaban J connectivity index is 1.73. The Morgan fingerprint density at radius 3 is 2.84 bits per heavy atom. The van der Waals surface area contributed by atoms with Crippen LogP contribution in [0.1, 0.15) is 16.2 Å². The third kappa shape index (κ3) is 2.44. The molecule has 0 saturated heterocycles. The molecule has 3 rings (SSSR count). The van der Waals surface area contributed by atoms with E-state index < -0.39 is 0 Å². The van der Waals surface area contributed by atoms with E-state index in [1.165, 1.54) is 0 Å². The maximum absolute atomic E-state index is 11.9. The van der Waals surface area contributed by atoms with Crippen LogP contribution in [0.4, 0.5) is 0 Å². The first kappa shape index (κ1) is 11.4. The topological polar surface area (TPSA) is 68.0 Å². The molecule has 3 aromatic rings. The van der Waals surface area contributed by atoms with E-state index in [0.29, 0.717) is 17.6 Å². The fraction of sp³-hybridized carbons (Fsp3) is 0.0714. The quantitative estimate of drug-likeness (QED) is 0.776. The highest BCUT2D eigenvalue weighted by molar-refractivity contribution is 5.95. The van der Waals surface area contributed by atoms with Gasteiger partial charge in [-0.1, -0.05) is 6.07 Å². The predicted octanol–water partition coefficient (Wildman–Crippen LogP) is 2.15. The van der Waals surface area contributed by atoms with Gasteiger partial charge in [-0.25, -0.2) is 0 Å². The van der Waals surface area contributed by atoms with E-state index in [4.69, 9.17) is 4.42 Å². The summed E-state index contributed by atoms with van der Waals surface area (Å²) < 4.78 is 5.42. The summed E-state index contributed by atoms with van der Waals surface area (Å²) in [7, 11) is 0. The van der Waals surface area contributed by atoms with Crippen LogP contribution >= 0.6 is 0 Å². The fourth-order valence-corrected chi connectivity index (χ4v) is 1.74. The van der Waals surface area contributed by atoms with Crippen LogP contribution < -0.4 is 5.32 Å². The number of amides is 1. The maximum Gasteiger partial charge on any atom is 0.287 e. The molecule has 19 heavy (non-hydrogen) atoms. The zero-order chi connectivity index (χ0) is 13.1. The van der Waals surface area contributed by atoms with Crippen molar-refractivity contribution >= 4 is 17.0 Å². The minimum atomic E-state index is -0.274. The molecule has 1 N–H and O–H groups in total. The smallest absolute Gasteiger partial charge is 0.287 e. The van der Waals surface area contributed by atoms with Crippen molar-refractivity contribution < 1.29 is 9.21 Å². The van der Waals surface area contributed by atoms with Crippen molar-refractivity contribution in [3.05, 3.63) is 60.2 Å². The van der Waals surface area contributed by atoms with E-state index in [1.807, 2.05) is 18.2 Å². The van der Waals surface area contributed by atoms with Crippen molar-refractivity contribution in [2.24, 2.45) is 0 Å². The molecule has 0 unspecified atom stereocenters. The SMILES string of the molecule is O=C(NCc1ccccn1)c1cc2ncccc2o1. The van der Waals surface area contributed by atoms with Gasteiger partial charge in [0.25, 0.3) is 5.91 Å². The highest BCUT2D eigenvalue weighted by atomic mass is 16.3. The summed E-state index contributed by atoms with van der Waals surface area (Å²) in [6.07, 6.45) is 3.35. The highest BCUT2D eigenvalue weighted by Gasteiger charge is 2.12. The molecule has 5 heteroatoms. The predicted molar refractivity (Wildman–Crippen MR) is 69.4 cm³/mol. The number of carbonyl (C=O) groups excluding carboxylic acids is 1. The van der Waals surface area contributed by atoms with Crippen LogP contribution in [-0.2, 0) is 6.54 Å². The van der Waals surface area contributed by atoms with Gasteiger partial charge in [0, 0.05) is 18.5 Å². The molecule has 0 spiro atoms. The average molecular weight is 253 g/mol. The van der Waals surface area contributed by atoms with Crippen LogP contribution in [-0.4, -0.2) is 15.9 Å². The Morgan fingerprint density at radius 1 is 1.16 bits per heavy atom. The van der Waals surface area contributed by atoms with Gasteiger partial charge in [-0.2, -0.15) is 0 Å². The van der Waals surface area contributed by atoms with Crippen LogP contribution in [0, 0.1) is 0 Å². The van der Waals surface area contributed by atoms with Crippen molar-refractivity contribution in [1.82, 2.24) is 15.3 Å². The van der Waals surface area contributed by atoms with Gasteiger partial charge in [-0.15, -0.1) is 0 Å². The first-order chi connectivity index (χ1) is 9.33. The lowest BCUT2D eigenvalue weighted by Gasteiger charge is -2.01. The highest BCUT2D eigenvalue weighted by Crippen LogP contribution is 2.16. The molecule has 0 aromatic carbocycles. The Labute approximate surface area is 109 Å². The van der Waals surface area contributed by atoms with Crippen LogP contribution in [0.5, 0.6) is 0 Å². The molecule has 0 aliphatic carbocycles. The van der Waals surface area contributed by atoms with Gasteiger partial charge in [-0.05, 0) is 24.3 Å². The zero-order valence-corrected chi connectivity index (χ0v) is 10.0. The van der Waals surface area contributed by atoms with Gasteiger partial charge < -0.3 is 9.73 Å². The molecule has 0 radical (unpaired) electrons. The number of carbonyl (C=O) groups is 1. The lowest BCUT2D eigenvalue weighted by atomic mass is 10.3. The number of hydrogen-bond acceptors (Lipinski definition) is 4. The van der Waals surface area contributed by atoms with Gasteiger partial charge in [0.05, 0.1) is 12.2 Å². The molecule has 0 bridgehead atoms. The van der Waals surface area contributed by atoms with Gasteiger partial charge in [0.2, 0.25) is 0 Å². The molecule has 0 saturated carbocycles. The number of rotatable bonds is 3. The third-order valence-corrected chi connectivity index (χ3v) is 2.67. The normalized spacial score (nSPS) is 10.5. The lowest BCUT2D eigenvalue weighted by Crippen LogP contribution is -2.22. The van der Waals surface area contributed by atoms with Crippen molar-refractivity contribution in [3.8, 4) is 0 Å². The molecule has 0 fully saturated rings. The van der Waals surface area contributed by atoms with E-state index in [-0.39, 0.29) is 11.7 Å². The van der Waals surface area contributed by atoms with Crippen LogP contribution in [0.3, 0.4) is 0 Å². The molecule has 94 valence electrons. The van der Waals surface area contributed by atoms with E-state index in [9.17, 15) is 4.79 Å². The number of nitrogens with zero attached hydrogens (tertiary/aromatic N) is 2. The lowest BCUT2D eigenvalue weighted by molar-refractivity contribution is 0.0925. The second kappa shape index (κ2) is 4.89. The van der Waals surface area contributed by atoms with Crippen molar-refractivity contribution in [2.45, 2.75) is 6.54 Å². The van der Waals surface area contributed by atoms with Gasteiger partial charge in [0.1, 0.15) is 5.52 Å². The van der Waals surface area contributed by atoms with Crippen molar-refractivity contribution in [2.75, 3.05) is 0 Å². The van der Waals surface area contributed by atoms with Crippen LogP contribution in [0.25, 0.3) is 11.1 Å². The largest absolute Gasteiger partial charge is 0.449 e. The summed E-state index contributed by atoms with van der Waals surface area (Å²) >= 11 is 0. The summed E-state index contributed by atoms with van der Waals surface area (Å²) in [6.45, 7) is 0.365. The van der Waals surface area contributed by atoms with Crippen LogP contribution in [0.2, 0.25) is 0 Å². The summed E-state index contributed by atoms with van der Waals surface area (Å²) in [5, 5.41) is 2.75. The van der Waals surface area contributed by atoms with E-state index in [0.717, 1.165) is 5.69 Å². The fourth-order valence-electron chi connectivity index (χ4n) is 1.74. The second-order valence-electron chi connectivity index (χ2n) is 4.00. The summed E-state index contributed by atoms with van der Waals surface area (Å²) in [5.41, 5.74) is 2.07. The number of furan rings is 1. The van der Waals surface area contributed by atoms with Crippen molar-refractivity contribution in [3.63, 3.8) is 0 Å². The van der Waals surface area contributed by atoms with E-state index >= 15 is 0 Å². The molecular weight excluding hydrogens is 242 g/mol. The molecule has 5 nitrogen and oxygen atoms in total. The molecule has 0 aliphatic rings. The van der Waals surface area contributed by atoms with Gasteiger partial charge >= 0.3 is 0 Å². The van der Waals surface area contributed by atoms with E-state index in [2.05, 4.69) is 15.3 Å². The molecule has 3 aromatic heterocycles. The Bertz CT molecular complexity index is 674. The van der Waals surface area contributed by atoms with Crippen molar-refractivity contribution in [1.29, 1.82) is 0 Å².